The third-order valence-electron chi connectivity index (χ3n) is 4.23. The Kier molecular flexibility index (Phi) is 5.88. The molecular formula is C19H20ClN3O3. The highest BCUT2D eigenvalue weighted by molar-refractivity contribution is 6.33. The monoisotopic (exact) mass is 373 g/mol. The molecule has 0 bridgehead atoms. The Labute approximate surface area is 156 Å². The third-order valence-corrected chi connectivity index (χ3v) is 4.51. The minimum Gasteiger partial charge on any atom is -0.393 e. The maximum Gasteiger partial charge on any atom is 0.251 e. The molecule has 0 saturated heterocycles. The molecule has 1 aliphatic heterocycles. The number of aliphatic hydroxyl groups is 2. The highest BCUT2D eigenvalue weighted by Gasteiger charge is 2.20. The molecular weight excluding hydrogens is 354 g/mol. The van der Waals surface area contributed by atoms with E-state index < -0.39 is 6.10 Å². The van der Waals surface area contributed by atoms with Crippen molar-refractivity contribution in [1.29, 1.82) is 0 Å². The predicted octanol–water partition coefficient (Wildman–Crippen LogP) is 2.54. The van der Waals surface area contributed by atoms with Crippen LogP contribution in [0.2, 0.25) is 5.02 Å². The van der Waals surface area contributed by atoms with Gasteiger partial charge in [-0.25, -0.2) is 4.98 Å². The summed E-state index contributed by atoms with van der Waals surface area (Å²) in [4.78, 5) is 18.6. The lowest BCUT2D eigenvalue weighted by Crippen LogP contribution is -2.32. The van der Waals surface area contributed by atoms with Crippen LogP contribution < -0.4 is 10.2 Å². The number of anilines is 2. The van der Waals surface area contributed by atoms with Crippen LogP contribution in [-0.2, 0) is 4.79 Å². The number of carbonyl (C=O) groups excluding carboxylic acids is 1. The molecule has 1 aliphatic rings. The van der Waals surface area contributed by atoms with E-state index in [1.54, 1.807) is 6.07 Å². The Balaban J connectivity index is 1.66. The standard InChI is InChI=1S/C19H20ClN3O3/c20-16-10-14(17(25)12-24)11-21-18(16)23-8-6-13(7-9-23)19(26)22-15-4-2-1-3-5-15/h1-6,10-11,17,24-25H,7-9,12H2,(H,22,26)/t17-/m1/s1. The first-order valence-corrected chi connectivity index (χ1v) is 8.71. The summed E-state index contributed by atoms with van der Waals surface area (Å²) in [5.41, 5.74) is 1.97. The zero-order valence-corrected chi connectivity index (χ0v) is 14.9. The third kappa shape index (κ3) is 4.22. The number of pyridine rings is 1. The lowest BCUT2D eigenvalue weighted by atomic mass is 10.1. The van der Waals surface area contributed by atoms with Crippen LogP contribution in [0.3, 0.4) is 0 Å². The first kappa shape index (κ1) is 18.4. The van der Waals surface area contributed by atoms with Gasteiger partial charge in [-0.05, 0) is 24.6 Å². The van der Waals surface area contributed by atoms with Gasteiger partial charge < -0.3 is 20.4 Å². The first-order valence-electron chi connectivity index (χ1n) is 8.33. The van der Waals surface area contributed by atoms with E-state index in [9.17, 15) is 9.90 Å². The van der Waals surface area contributed by atoms with Gasteiger partial charge in [-0.2, -0.15) is 0 Å². The fraction of sp³-hybridized carbons (Fsp3) is 0.263. The fourth-order valence-electron chi connectivity index (χ4n) is 2.77. The summed E-state index contributed by atoms with van der Waals surface area (Å²) in [6.07, 6.45) is 2.96. The highest BCUT2D eigenvalue weighted by Crippen LogP contribution is 2.28. The smallest absolute Gasteiger partial charge is 0.251 e. The number of hydrogen-bond donors (Lipinski definition) is 3. The number of para-hydroxylation sites is 1. The van der Waals surface area contributed by atoms with Gasteiger partial charge in [-0.3, -0.25) is 4.79 Å². The van der Waals surface area contributed by atoms with Gasteiger partial charge in [0.05, 0.1) is 11.6 Å². The Morgan fingerprint density at radius 1 is 1.35 bits per heavy atom. The molecule has 0 spiro atoms. The summed E-state index contributed by atoms with van der Waals surface area (Å²) >= 11 is 6.27. The normalized spacial score (nSPS) is 15.3. The Bertz CT molecular complexity index is 811. The van der Waals surface area contributed by atoms with E-state index in [0.29, 0.717) is 35.9 Å². The van der Waals surface area contributed by atoms with E-state index in [1.807, 2.05) is 41.3 Å². The van der Waals surface area contributed by atoms with E-state index in [0.717, 1.165) is 11.3 Å². The van der Waals surface area contributed by atoms with Crippen LogP contribution in [0.1, 0.15) is 18.1 Å². The number of hydrogen-bond acceptors (Lipinski definition) is 5. The van der Waals surface area contributed by atoms with Gasteiger partial charge in [-0.1, -0.05) is 35.9 Å². The lowest BCUT2D eigenvalue weighted by Gasteiger charge is -2.28. The maximum absolute atomic E-state index is 12.3. The molecule has 0 radical (unpaired) electrons. The molecule has 0 aliphatic carbocycles. The molecule has 0 unspecified atom stereocenters. The van der Waals surface area contributed by atoms with Crippen molar-refractivity contribution in [2.75, 3.05) is 29.9 Å². The van der Waals surface area contributed by atoms with Gasteiger partial charge in [0.25, 0.3) is 5.91 Å². The van der Waals surface area contributed by atoms with Crippen LogP contribution in [0.15, 0.2) is 54.2 Å². The summed E-state index contributed by atoms with van der Waals surface area (Å²) in [6, 6.07) is 10.9. The molecule has 6 nitrogen and oxygen atoms in total. The molecule has 3 rings (SSSR count). The van der Waals surface area contributed by atoms with Crippen LogP contribution in [0, 0.1) is 0 Å². The summed E-state index contributed by atoms with van der Waals surface area (Å²) < 4.78 is 0. The second kappa shape index (κ2) is 8.31. The average molecular weight is 374 g/mol. The van der Waals surface area contributed by atoms with Crippen molar-refractivity contribution in [2.24, 2.45) is 0 Å². The van der Waals surface area contributed by atoms with Gasteiger partial charge in [-0.15, -0.1) is 0 Å². The number of rotatable bonds is 5. The molecule has 1 aromatic carbocycles. The topological polar surface area (TPSA) is 85.7 Å². The molecule has 26 heavy (non-hydrogen) atoms. The van der Waals surface area contributed by atoms with E-state index in [2.05, 4.69) is 10.3 Å². The quantitative estimate of drug-likeness (QED) is 0.749. The Hall–Kier alpha value is -2.41. The molecule has 136 valence electrons. The van der Waals surface area contributed by atoms with Crippen molar-refractivity contribution < 1.29 is 15.0 Å². The van der Waals surface area contributed by atoms with Crippen LogP contribution in [0.25, 0.3) is 0 Å². The molecule has 1 aromatic heterocycles. The van der Waals surface area contributed by atoms with Gasteiger partial charge in [0.1, 0.15) is 11.9 Å². The fourth-order valence-corrected chi connectivity index (χ4v) is 3.06. The van der Waals surface area contributed by atoms with Crippen molar-refractivity contribution >= 4 is 29.0 Å². The van der Waals surface area contributed by atoms with Crippen LogP contribution in [0.4, 0.5) is 11.5 Å². The lowest BCUT2D eigenvalue weighted by molar-refractivity contribution is -0.113. The summed E-state index contributed by atoms with van der Waals surface area (Å²) in [5.74, 6) is 0.496. The zero-order valence-electron chi connectivity index (χ0n) is 14.1. The number of benzene rings is 1. The second-order valence-corrected chi connectivity index (χ2v) is 6.43. The van der Waals surface area contributed by atoms with Crippen molar-refractivity contribution in [2.45, 2.75) is 12.5 Å². The number of nitrogens with one attached hydrogen (secondary N) is 1. The van der Waals surface area contributed by atoms with Crippen molar-refractivity contribution in [3.05, 3.63) is 64.8 Å². The van der Waals surface area contributed by atoms with Gasteiger partial charge in [0, 0.05) is 36.1 Å². The summed E-state index contributed by atoms with van der Waals surface area (Å²) in [5, 5.41) is 22.0. The molecule has 1 atom stereocenters. The minimum absolute atomic E-state index is 0.101. The van der Waals surface area contributed by atoms with Crippen molar-refractivity contribution in [3.63, 3.8) is 0 Å². The van der Waals surface area contributed by atoms with Gasteiger partial charge in [0.15, 0.2) is 0 Å². The van der Waals surface area contributed by atoms with Gasteiger partial charge >= 0.3 is 0 Å². The largest absolute Gasteiger partial charge is 0.393 e. The zero-order chi connectivity index (χ0) is 18.5. The number of aliphatic hydroxyl groups excluding tert-OH is 2. The van der Waals surface area contributed by atoms with E-state index in [-0.39, 0.29) is 12.5 Å². The average Bonchev–Trinajstić information content (AvgIpc) is 2.68. The Morgan fingerprint density at radius 2 is 2.12 bits per heavy atom. The van der Waals surface area contributed by atoms with Gasteiger partial charge in [0.2, 0.25) is 0 Å². The number of halogens is 1. The molecule has 2 heterocycles. The van der Waals surface area contributed by atoms with Crippen molar-refractivity contribution in [3.8, 4) is 0 Å². The molecule has 2 aromatic rings. The molecule has 3 N–H and O–H groups in total. The number of carbonyl (C=O) groups is 1. The van der Waals surface area contributed by atoms with E-state index in [1.165, 1.54) is 6.20 Å². The summed E-state index contributed by atoms with van der Waals surface area (Å²) in [7, 11) is 0. The van der Waals surface area contributed by atoms with Crippen LogP contribution in [0.5, 0.6) is 0 Å². The number of aromatic nitrogens is 1. The molecule has 7 heteroatoms. The van der Waals surface area contributed by atoms with Crippen LogP contribution in [-0.4, -0.2) is 40.8 Å². The maximum atomic E-state index is 12.3. The number of amides is 1. The molecule has 0 saturated carbocycles. The van der Waals surface area contributed by atoms with E-state index in [4.69, 9.17) is 16.7 Å². The SMILES string of the molecule is O=C(Nc1ccccc1)C1=CCN(c2ncc([C@H](O)CO)cc2Cl)CC1. The highest BCUT2D eigenvalue weighted by atomic mass is 35.5. The first-order chi connectivity index (χ1) is 12.6. The minimum atomic E-state index is -0.997. The molecule has 0 fully saturated rings. The van der Waals surface area contributed by atoms with E-state index >= 15 is 0 Å². The second-order valence-electron chi connectivity index (χ2n) is 6.02. The number of nitrogens with zero attached hydrogens (tertiary/aromatic N) is 2. The summed E-state index contributed by atoms with van der Waals surface area (Å²) in [6.45, 7) is 0.749. The predicted molar refractivity (Wildman–Crippen MR) is 101 cm³/mol. The van der Waals surface area contributed by atoms with Crippen molar-refractivity contribution in [1.82, 2.24) is 4.98 Å². The molecule has 1 amide bonds. The Morgan fingerprint density at radius 3 is 2.73 bits per heavy atom. The van der Waals surface area contributed by atoms with Crippen LogP contribution >= 0.6 is 11.6 Å².